The van der Waals surface area contributed by atoms with Gasteiger partial charge in [-0.1, -0.05) is 84.9 Å². The van der Waals surface area contributed by atoms with Crippen molar-refractivity contribution < 1.29 is 0 Å². The van der Waals surface area contributed by atoms with Crippen molar-refractivity contribution in [3.63, 3.8) is 0 Å². The lowest BCUT2D eigenvalue weighted by atomic mass is 10.0. The van der Waals surface area contributed by atoms with E-state index in [1.807, 2.05) is 12.1 Å². The van der Waals surface area contributed by atoms with Crippen molar-refractivity contribution in [3.05, 3.63) is 103 Å². The molecule has 0 spiro atoms. The van der Waals surface area contributed by atoms with Crippen LogP contribution in [0.5, 0.6) is 0 Å². The summed E-state index contributed by atoms with van der Waals surface area (Å²) >= 11 is 0. The summed E-state index contributed by atoms with van der Waals surface area (Å²) in [5.74, 6) is 0.712. The molecular weight excluding hydrogens is 402 g/mol. The molecular formula is C30H17N3. The maximum Gasteiger partial charge on any atom is 0.235 e. The van der Waals surface area contributed by atoms with Gasteiger partial charge >= 0.3 is 0 Å². The molecule has 33 heavy (non-hydrogen) atoms. The van der Waals surface area contributed by atoms with Crippen LogP contribution >= 0.6 is 0 Å². The lowest BCUT2D eigenvalue weighted by molar-refractivity contribution is 1.01. The summed E-state index contributed by atoms with van der Waals surface area (Å²) in [5.41, 5.74) is 7.94. The molecule has 2 aromatic heterocycles. The SMILES string of the molecule is c1ccc(-c2nc(-n3c4cccc5c4c4c6c-5cccc6ccc43)nc3ccccc23)cc1. The predicted molar refractivity (Wildman–Crippen MR) is 136 cm³/mol. The molecule has 1 aliphatic rings. The van der Waals surface area contributed by atoms with Crippen LogP contribution < -0.4 is 0 Å². The number of aromatic nitrogens is 3. The fourth-order valence-electron chi connectivity index (χ4n) is 5.57. The van der Waals surface area contributed by atoms with Crippen molar-refractivity contribution in [1.29, 1.82) is 0 Å². The van der Waals surface area contributed by atoms with Gasteiger partial charge in [0.1, 0.15) is 0 Å². The summed E-state index contributed by atoms with van der Waals surface area (Å²) in [4.78, 5) is 10.2. The van der Waals surface area contributed by atoms with E-state index in [-0.39, 0.29) is 0 Å². The second-order valence-corrected chi connectivity index (χ2v) is 8.65. The summed E-state index contributed by atoms with van der Waals surface area (Å²) in [6.07, 6.45) is 0. The summed E-state index contributed by atoms with van der Waals surface area (Å²) in [6, 6.07) is 36.3. The van der Waals surface area contributed by atoms with Gasteiger partial charge in [-0.2, -0.15) is 0 Å². The highest BCUT2D eigenvalue weighted by Crippen LogP contribution is 2.49. The number of hydrogen-bond donors (Lipinski definition) is 0. The Labute approximate surface area is 189 Å². The van der Waals surface area contributed by atoms with Crippen molar-refractivity contribution in [2.24, 2.45) is 0 Å². The molecule has 0 saturated carbocycles. The number of benzene rings is 5. The Morgan fingerprint density at radius 2 is 1.27 bits per heavy atom. The van der Waals surface area contributed by atoms with Crippen LogP contribution in [0, 0.1) is 0 Å². The van der Waals surface area contributed by atoms with Crippen LogP contribution in [0.3, 0.4) is 0 Å². The van der Waals surface area contributed by atoms with Gasteiger partial charge in [-0.3, -0.25) is 4.57 Å². The van der Waals surface area contributed by atoms with Crippen LogP contribution in [0.25, 0.3) is 71.8 Å². The van der Waals surface area contributed by atoms with Gasteiger partial charge < -0.3 is 0 Å². The first-order chi connectivity index (χ1) is 16.4. The minimum atomic E-state index is 0.712. The summed E-state index contributed by atoms with van der Waals surface area (Å²) in [5, 5.41) is 6.29. The van der Waals surface area contributed by atoms with Gasteiger partial charge in [-0.15, -0.1) is 0 Å². The normalized spacial score (nSPS) is 12.2. The number of rotatable bonds is 2. The van der Waals surface area contributed by atoms with Crippen LogP contribution in [-0.4, -0.2) is 14.5 Å². The largest absolute Gasteiger partial charge is 0.278 e. The van der Waals surface area contributed by atoms with Gasteiger partial charge in [0.15, 0.2) is 0 Å². The van der Waals surface area contributed by atoms with Gasteiger partial charge in [0, 0.05) is 21.7 Å². The zero-order chi connectivity index (χ0) is 21.5. The van der Waals surface area contributed by atoms with Crippen LogP contribution in [0.1, 0.15) is 0 Å². The first kappa shape index (κ1) is 17.1. The highest BCUT2D eigenvalue weighted by molar-refractivity contribution is 6.33. The molecule has 0 saturated heterocycles. The summed E-state index contributed by atoms with van der Waals surface area (Å²) < 4.78 is 2.24. The van der Waals surface area contributed by atoms with Gasteiger partial charge in [0.2, 0.25) is 5.95 Å². The van der Waals surface area contributed by atoms with Gasteiger partial charge in [-0.05, 0) is 40.1 Å². The average Bonchev–Trinajstić information content (AvgIpc) is 3.41. The molecule has 8 rings (SSSR count). The van der Waals surface area contributed by atoms with Crippen LogP contribution in [0.15, 0.2) is 103 Å². The third-order valence-corrected chi connectivity index (χ3v) is 6.93. The third kappa shape index (κ3) is 2.14. The third-order valence-electron chi connectivity index (χ3n) is 6.93. The van der Waals surface area contributed by atoms with E-state index in [1.54, 1.807) is 0 Å². The van der Waals surface area contributed by atoms with Crippen molar-refractivity contribution >= 4 is 43.5 Å². The van der Waals surface area contributed by atoms with Crippen molar-refractivity contribution in [2.75, 3.05) is 0 Å². The topological polar surface area (TPSA) is 30.7 Å². The minimum Gasteiger partial charge on any atom is -0.278 e. The van der Waals surface area contributed by atoms with Crippen LogP contribution in [0.4, 0.5) is 0 Å². The molecule has 1 aliphatic carbocycles. The lowest BCUT2D eigenvalue weighted by Crippen LogP contribution is -2.03. The second-order valence-electron chi connectivity index (χ2n) is 8.65. The van der Waals surface area contributed by atoms with E-state index in [0.29, 0.717) is 5.95 Å². The van der Waals surface area contributed by atoms with Gasteiger partial charge in [-0.25, -0.2) is 9.97 Å². The number of fused-ring (bicyclic) bond motifs is 2. The summed E-state index contributed by atoms with van der Waals surface area (Å²) in [7, 11) is 0. The molecule has 0 bridgehead atoms. The monoisotopic (exact) mass is 419 g/mol. The molecule has 5 aromatic carbocycles. The molecule has 0 fully saturated rings. The Bertz CT molecular complexity index is 1910. The van der Waals surface area contributed by atoms with Crippen molar-refractivity contribution in [2.45, 2.75) is 0 Å². The first-order valence-corrected chi connectivity index (χ1v) is 11.2. The Morgan fingerprint density at radius 1 is 0.515 bits per heavy atom. The maximum atomic E-state index is 5.16. The van der Waals surface area contributed by atoms with E-state index in [2.05, 4.69) is 95.6 Å². The van der Waals surface area contributed by atoms with E-state index in [0.717, 1.165) is 33.2 Å². The molecule has 0 atom stereocenters. The Kier molecular flexibility index (Phi) is 3.14. The Hall–Kier alpha value is -4.50. The molecule has 3 heteroatoms. The zero-order valence-corrected chi connectivity index (χ0v) is 17.7. The van der Waals surface area contributed by atoms with E-state index in [9.17, 15) is 0 Å². The van der Waals surface area contributed by atoms with Gasteiger partial charge in [0.05, 0.1) is 22.2 Å². The zero-order valence-electron chi connectivity index (χ0n) is 17.7. The van der Waals surface area contributed by atoms with Crippen LogP contribution in [-0.2, 0) is 0 Å². The predicted octanol–water partition coefficient (Wildman–Crippen LogP) is 7.53. The Morgan fingerprint density at radius 3 is 2.18 bits per heavy atom. The number of hydrogen-bond acceptors (Lipinski definition) is 2. The fourth-order valence-corrected chi connectivity index (χ4v) is 5.57. The molecule has 152 valence electrons. The molecule has 0 aliphatic heterocycles. The molecule has 7 aromatic rings. The van der Waals surface area contributed by atoms with E-state index in [1.165, 1.54) is 32.7 Å². The molecule has 0 unspecified atom stereocenters. The minimum absolute atomic E-state index is 0.712. The first-order valence-electron chi connectivity index (χ1n) is 11.2. The average molecular weight is 419 g/mol. The lowest BCUT2D eigenvalue weighted by Gasteiger charge is -2.13. The quantitative estimate of drug-likeness (QED) is 0.290. The highest BCUT2D eigenvalue weighted by Gasteiger charge is 2.25. The highest BCUT2D eigenvalue weighted by atomic mass is 15.2. The molecule has 3 nitrogen and oxygen atoms in total. The number of para-hydroxylation sites is 1. The molecule has 0 radical (unpaired) electrons. The molecule has 0 N–H and O–H groups in total. The van der Waals surface area contributed by atoms with E-state index < -0.39 is 0 Å². The molecule has 2 heterocycles. The van der Waals surface area contributed by atoms with Crippen molar-refractivity contribution in [3.8, 4) is 28.3 Å². The smallest absolute Gasteiger partial charge is 0.235 e. The van der Waals surface area contributed by atoms with Crippen LogP contribution in [0.2, 0.25) is 0 Å². The van der Waals surface area contributed by atoms with E-state index >= 15 is 0 Å². The fraction of sp³-hybridized carbons (Fsp3) is 0. The maximum absolute atomic E-state index is 5.16. The van der Waals surface area contributed by atoms with Gasteiger partial charge in [0.25, 0.3) is 0 Å². The second kappa shape index (κ2) is 6.05. The molecule has 0 amide bonds. The standard InChI is InChI=1S/C30H17N3/c1-2-8-19(9-3-1)29-22-11-4-5-14-23(22)31-30(32-29)33-24-15-7-13-21-20-12-6-10-18-16-17-25(33)28(26(18)20)27(21)24/h1-17H. The summed E-state index contributed by atoms with van der Waals surface area (Å²) in [6.45, 7) is 0. The number of nitrogens with zero attached hydrogens (tertiary/aromatic N) is 3. The van der Waals surface area contributed by atoms with Crippen molar-refractivity contribution in [1.82, 2.24) is 14.5 Å². The van der Waals surface area contributed by atoms with E-state index in [4.69, 9.17) is 9.97 Å². The Balaban J connectivity index is 1.55.